The molecule has 0 radical (unpaired) electrons. The standard InChI is InChI=1S/C11H20N2S/c1-3-13(2)8-7-12-6-4-11-5-9-14-10-11/h5,9-10,12H,3-4,6-8H2,1-2H3. The lowest BCUT2D eigenvalue weighted by Crippen LogP contribution is -2.30. The van der Waals surface area contributed by atoms with E-state index in [1.165, 1.54) is 5.56 Å². The van der Waals surface area contributed by atoms with Crippen molar-refractivity contribution >= 4 is 11.3 Å². The summed E-state index contributed by atoms with van der Waals surface area (Å²) in [5.74, 6) is 0. The highest BCUT2D eigenvalue weighted by molar-refractivity contribution is 7.07. The van der Waals surface area contributed by atoms with Crippen LogP contribution in [0.5, 0.6) is 0 Å². The Kier molecular flexibility index (Phi) is 5.83. The van der Waals surface area contributed by atoms with Crippen LogP contribution in [-0.2, 0) is 6.42 Å². The van der Waals surface area contributed by atoms with E-state index in [0.717, 1.165) is 32.6 Å². The number of nitrogens with zero attached hydrogens (tertiary/aromatic N) is 1. The molecule has 1 aromatic heterocycles. The molecule has 1 N–H and O–H groups in total. The van der Waals surface area contributed by atoms with Gasteiger partial charge in [0.05, 0.1) is 0 Å². The normalized spacial score (nSPS) is 11.1. The van der Waals surface area contributed by atoms with Crippen LogP contribution in [0.1, 0.15) is 12.5 Å². The van der Waals surface area contributed by atoms with E-state index >= 15 is 0 Å². The third-order valence-corrected chi connectivity index (χ3v) is 3.11. The Morgan fingerprint density at radius 1 is 1.43 bits per heavy atom. The van der Waals surface area contributed by atoms with Gasteiger partial charge in [0, 0.05) is 13.1 Å². The lowest BCUT2D eigenvalue weighted by Gasteiger charge is -2.13. The first-order valence-electron chi connectivity index (χ1n) is 5.23. The van der Waals surface area contributed by atoms with Crippen molar-refractivity contribution in [1.29, 1.82) is 0 Å². The van der Waals surface area contributed by atoms with Crippen molar-refractivity contribution < 1.29 is 0 Å². The number of hydrogen-bond donors (Lipinski definition) is 1. The van der Waals surface area contributed by atoms with Gasteiger partial charge in [-0.05, 0) is 48.9 Å². The highest BCUT2D eigenvalue weighted by Gasteiger charge is 1.94. The molecule has 2 nitrogen and oxygen atoms in total. The van der Waals surface area contributed by atoms with Gasteiger partial charge in [-0.15, -0.1) is 0 Å². The molecule has 3 heteroatoms. The van der Waals surface area contributed by atoms with Gasteiger partial charge in [-0.1, -0.05) is 6.92 Å². The molecule has 1 rings (SSSR count). The summed E-state index contributed by atoms with van der Waals surface area (Å²) in [6, 6.07) is 2.20. The van der Waals surface area contributed by atoms with Gasteiger partial charge in [-0.3, -0.25) is 0 Å². The first kappa shape index (κ1) is 11.7. The Bertz CT molecular complexity index is 221. The zero-order chi connectivity index (χ0) is 10.2. The Labute approximate surface area is 90.9 Å². The molecule has 0 amide bonds. The Morgan fingerprint density at radius 3 is 2.93 bits per heavy atom. The topological polar surface area (TPSA) is 15.3 Å². The van der Waals surface area contributed by atoms with Gasteiger partial charge in [-0.25, -0.2) is 0 Å². The van der Waals surface area contributed by atoms with Gasteiger partial charge in [0.2, 0.25) is 0 Å². The van der Waals surface area contributed by atoms with E-state index in [9.17, 15) is 0 Å². The van der Waals surface area contributed by atoms with E-state index in [1.54, 1.807) is 11.3 Å². The van der Waals surface area contributed by atoms with Crippen LogP contribution in [0.25, 0.3) is 0 Å². The molecule has 0 unspecified atom stereocenters. The molecule has 1 heterocycles. The molecule has 14 heavy (non-hydrogen) atoms. The minimum Gasteiger partial charge on any atom is -0.315 e. The van der Waals surface area contributed by atoms with Gasteiger partial charge in [0.1, 0.15) is 0 Å². The maximum Gasteiger partial charge on any atom is 0.0104 e. The molecule has 0 saturated heterocycles. The Hall–Kier alpha value is -0.380. The van der Waals surface area contributed by atoms with E-state index in [2.05, 4.69) is 41.0 Å². The van der Waals surface area contributed by atoms with Crippen molar-refractivity contribution in [2.75, 3.05) is 33.2 Å². The van der Waals surface area contributed by atoms with Crippen LogP contribution in [0.4, 0.5) is 0 Å². The fraction of sp³-hybridized carbons (Fsp3) is 0.636. The molecule has 0 aromatic carbocycles. The second-order valence-corrected chi connectivity index (χ2v) is 4.31. The second kappa shape index (κ2) is 6.98. The second-order valence-electron chi connectivity index (χ2n) is 3.53. The number of hydrogen-bond acceptors (Lipinski definition) is 3. The molecule has 0 aliphatic rings. The molecule has 0 fully saturated rings. The van der Waals surface area contributed by atoms with Crippen LogP contribution in [0.3, 0.4) is 0 Å². The maximum atomic E-state index is 3.45. The summed E-state index contributed by atoms with van der Waals surface area (Å²) in [7, 11) is 2.15. The van der Waals surface area contributed by atoms with E-state index in [1.807, 2.05) is 0 Å². The average Bonchev–Trinajstić information content (AvgIpc) is 2.69. The van der Waals surface area contributed by atoms with Crippen LogP contribution >= 0.6 is 11.3 Å². The van der Waals surface area contributed by atoms with Crippen LogP contribution in [0.2, 0.25) is 0 Å². The largest absolute Gasteiger partial charge is 0.315 e. The first-order chi connectivity index (χ1) is 6.83. The van der Waals surface area contributed by atoms with Crippen molar-refractivity contribution in [3.63, 3.8) is 0 Å². The number of likely N-dealkylation sites (N-methyl/N-ethyl adjacent to an activating group) is 1. The fourth-order valence-corrected chi connectivity index (χ4v) is 1.92. The third-order valence-electron chi connectivity index (χ3n) is 2.38. The lowest BCUT2D eigenvalue weighted by molar-refractivity contribution is 0.350. The van der Waals surface area contributed by atoms with Crippen LogP contribution in [0.15, 0.2) is 16.8 Å². The van der Waals surface area contributed by atoms with Crippen LogP contribution in [0, 0.1) is 0 Å². The molecule has 0 bridgehead atoms. The molecule has 0 saturated carbocycles. The van der Waals surface area contributed by atoms with Crippen LogP contribution < -0.4 is 5.32 Å². The van der Waals surface area contributed by atoms with E-state index in [0.29, 0.717) is 0 Å². The van der Waals surface area contributed by atoms with E-state index in [-0.39, 0.29) is 0 Å². The Morgan fingerprint density at radius 2 is 2.29 bits per heavy atom. The van der Waals surface area contributed by atoms with Gasteiger partial charge in [-0.2, -0.15) is 11.3 Å². The molecule has 0 spiro atoms. The van der Waals surface area contributed by atoms with Crippen molar-refractivity contribution in [1.82, 2.24) is 10.2 Å². The molecular weight excluding hydrogens is 192 g/mol. The minimum absolute atomic E-state index is 1.09. The van der Waals surface area contributed by atoms with Gasteiger partial charge in [0.25, 0.3) is 0 Å². The van der Waals surface area contributed by atoms with Gasteiger partial charge in [0.15, 0.2) is 0 Å². The van der Waals surface area contributed by atoms with Crippen molar-refractivity contribution in [2.45, 2.75) is 13.3 Å². The number of thiophene rings is 1. The number of nitrogens with one attached hydrogen (secondary N) is 1. The highest BCUT2D eigenvalue weighted by Crippen LogP contribution is 2.05. The summed E-state index contributed by atoms with van der Waals surface area (Å²) in [6.45, 7) is 6.64. The lowest BCUT2D eigenvalue weighted by atomic mass is 10.2. The third kappa shape index (κ3) is 4.74. The quantitative estimate of drug-likeness (QED) is 0.694. The van der Waals surface area contributed by atoms with Crippen molar-refractivity contribution in [3.8, 4) is 0 Å². The molecule has 1 aromatic rings. The van der Waals surface area contributed by atoms with Crippen molar-refractivity contribution in [2.24, 2.45) is 0 Å². The van der Waals surface area contributed by atoms with E-state index in [4.69, 9.17) is 0 Å². The summed E-state index contributed by atoms with van der Waals surface area (Å²) in [5.41, 5.74) is 1.45. The average molecular weight is 212 g/mol. The highest BCUT2D eigenvalue weighted by atomic mass is 32.1. The summed E-state index contributed by atoms with van der Waals surface area (Å²) in [6.07, 6.45) is 1.15. The summed E-state index contributed by atoms with van der Waals surface area (Å²) in [5, 5.41) is 7.81. The molecule has 0 aliphatic carbocycles. The van der Waals surface area contributed by atoms with E-state index < -0.39 is 0 Å². The molecular formula is C11H20N2S. The molecule has 0 aliphatic heterocycles. The number of rotatable bonds is 7. The summed E-state index contributed by atoms with van der Waals surface area (Å²) < 4.78 is 0. The molecule has 0 atom stereocenters. The van der Waals surface area contributed by atoms with Gasteiger partial charge < -0.3 is 10.2 Å². The SMILES string of the molecule is CCN(C)CCNCCc1ccsc1. The predicted molar refractivity (Wildman–Crippen MR) is 64.1 cm³/mol. The smallest absolute Gasteiger partial charge is 0.0104 e. The van der Waals surface area contributed by atoms with Crippen molar-refractivity contribution in [3.05, 3.63) is 22.4 Å². The van der Waals surface area contributed by atoms with Gasteiger partial charge >= 0.3 is 0 Å². The summed E-state index contributed by atoms with van der Waals surface area (Å²) >= 11 is 1.78. The first-order valence-corrected chi connectivity index (χ1v) is 6.17. The summed E-state index contributed by atoms with van der Waals surface area (Å²) in [4.78, 5) is 2.32. The zero-order valence-electron chi connectivity index (χ0n) is 9.12. The van der Waals surface area contributed by atoms with Crippen LogP contribution in [-0.4, -0.2) is 38.1 Å². The minimum atomic E-state index is 1.09. The Balaban J connectivity index is 1.95. The monoisotopic (exact) mass is 212 g/mol. The molecule has 80 valence electrons. The maximum absolute atomic E-state index is 3.45. The predicted octanol–water partition coefficient (Wildman–Crippen LogP) is 1.83. The fourth-order valence-electron chi connectivity index (χ4n) is 1.22. The zero-order valence-corrected chi connectivity index (χ0v) is 9.94.